The van der Waals surface area contributed by atoms with Gasteiger partial charge in [-0.3, -0.25) is 9.52 Å². The predicted octanol–water partition coefficient (Wildman–Crippen LogP) is 3.11. The monoisotopic (exact) mass is 399 g/mol. The summed E-state index contributed by atoms with van der Waals surface area (Å²) in [5.41, 5.74) is 8.05. The first-order chi connectivity index (χ1) is 13.3. The molecular weight excluding hydrogens is 374 g/mol. The molecule has 2 bridgehead atoms. The Hall–Kier alpha value is -2.38. The molecule has 1 amide bonds. The Kier molecular flexibility index (Phi) is 4.89. The van der Waals surface area contributed by atoms with E-state index in [1.165, 1.54) is 0 Å². The van der Waals surface area contributed by atoms with E-state index in [1.54, 1.807) is 48.5 Å². The highest BCUT2D eigenvalue weighted by Gasteiger charge is 2.49. The van der Waals surface area contributed by atoms with E-state index in [9.17, 15) is 13.2 Å². The van der Waals surface area contributed by atoms with Crippen LogP contribution in [0.3, 0.4) is 0 Å². The Labute approximate surface area is 165 Å². The number of anilines is 2. The molecule has 0 radical (unpaired) electrons. The third-order valence-corrected chi connectivity index (χ3v) is 7.47. The van der Waals surface area contributed by atoms with Crippen LogP contribution >= 0.6 is 0 Å². The van der Waals surface area contributed by atoms with Gasteiger partial charge in [-0.2, -0.15) is 0 Å². The van der Waals surface area contributed by atoms with Crippen molar-refractivity contribution in [3.8, 4) is 0 Å². The molecule has 2 saturated carbocycles. The van der Waals surface area contributed by atoms with Crippen molar-refractivity contribution in [2.75, 3.05) is 10.0 Å². The molecule has 2 aliphatic rings. The summed E-state index contributed by atoms with van der Waals surface area (Å²) >= 11 is 0. The Morgan fingerprint density at radius 1 is 1.07 bits per heavy atom. The van der Waals surface area contributed by atoms with Gasteiger partial charge in [0.15, 0.2) is 0 Å². The minimum atomic E-state index is -3.70. The standard InChI is InChI=1S/C21H25N3O3S/c1-13-7-10-16(23-21(25)19-14-8-9-15(11-14)20(19)22)12-18(13)24-28(26,27)17-5-3-2-4-6-17/h2-7,10,12,14-15,19-20,24H,8-9,11,22H2,1H3,(H,23,25). The molecule has 6 nitrogen and oxygen atoms in total. The molecule has 0 heterocycles. The normalized spacial score (nSPS) is 26.2. The first-order valence-electron chi connectivity index (χ1n) is 9.60. The molecule has 0 aliphatic heterocycles. The number of sulfonamides is 1. The molecule has 2 fully saturated rings. The number of hydrogen-bond acceptors (Lipinski definition) is 4. The summed E-state index contributed by atoms with van der Waals surface area (Å²) in [5, 5.41) is 2.94. The maximum absolute atomic E-state index is 12.8. The lowest BCUT2D eigenvalue weighted by Crippen LogP contribution is -2.42. The lowest BCUT2D eigenvalue weighted by Gasteiger charge is -2.27. The van der Waals surface area contributed by atoms with E-state index in [1.807, 2.05) is 6.92 Å². The van der Waals surface area contributed by atoms with Crippen LogP contribution in [0.1, 0.15) is 24.8 Å². The topological polar surface area (TPSA) is 101 Å². The molecule has 28 heavy (non-hydrogen) atoms. The van der Waals surface area contributed by atoms with E-state index in [0.717, 1.165) is 24.8 Å². The molecule has 4 N–H and O–H groups in total. The number of benzene rings is 2. The van der Waals surface area contributed by atoms with Crippen molar-refractivity contribution < 1.29 is 13.2 Å². The number of amides is 1. The van der Waals surface area contributed by atoms with Crippen LogP contribution in [-0.2, 0) is 14.8 Å². The second-order valence-corrected chi connectivity index (χ2v) is 9.56. The quantitative estimate of drug-likeness (QED) is 0.719. The van der Waals surface area contributed by atoms with Crippen LogP contribution in [0.25, 0.3) is 0 Å². The third-order valence-electron chi connectivity index (χ3n) is 6.09. The lowest BCUT2D eigenvalue weighted by atomic mass is 9.84. The fraction of sp³-hybridized carbons (Fsp3) is 0.381. The SMILES string of the molecule is Cc1ccc(NC(=O)C2C3CCC(C3)C2N)cc1NS(=O)(=O)c1ccccc1. The summed E-state index contributed by atoms with van der Waals surface area (Å²) < 4.78 is 27.8. The first kappa shape index (κ1) is 19.0. The van der Waals surface area contributed by atoms with Gasteiger partial charge in [0.25, 0.3) is 10.0 Å². The van der Waals surface area contributed by atoms with Gasteiger partial charge in [0.2, 0.25) is 5.91 Å². The number of carbonyl (C=O) groups is 1. The number of hydrogen-bond donors (Lipinski definition) is 3. The van der Waals surface area contributed by atoms with Crippen molar-refractivity contribution in [3.05, 3.63) is 54.1 Å². The van der Waals surface area contributed by atoms with Crippen LogP contribution in [-0.4, -0.2) is 20.4 Å². The molecule has 0 saturated heterocycles. The molecule has 4 unspecified atom stereocenters. The molecule has 0 aromatic heterocycles. The molecule has 0 spiro atoms. The molecule has 2 aromatic carbocycles. The van der Waals surface area contributed by atoms with Crippen LogP contribution in [0.5, 0.6) is 0 Å². The van der Waals surface area contributed by atoms with Gasteiger partial charge in [0.1, 0.15) is 0 Å². The number of aryl methyl sites for hydroxylation is 1. The van der Waals surface area contributed by atoms with E-state index < -0.39 is 10.0 Å². The zero-order valence-corrected chi connectivity index (χ0v) is 16.6. The van der Waals surface area contributed by atoms with E-state index >= 15 is 0 Å². The van der Waals surface area contributed by atoms with E-state index in [2.05, 4.69) is 10.0 Å². The smallest absolute Gasteiger partial charge is 0.261 e. The number of fused-ring (bicyclic) bond motifs is 2. The number of rotatable bonds is 5. The summed E-state index contributed by atoms with van der Waals surface area (Å²) in [4.78, 5) is 13.0. The van der Waals surface area contributed by atoms with Crippen molar-refractivity contribution in [3.63, 3.8) is 0 Å². The van der Waals surface area contributed by atoms with Crippen LogP contribution in [0, 0.1) is 24.7 Å². The van der Waals surface area contributed by atoms with Crippen molar-refractivity contribution in [1.29, 1.82) is 0 Å². The van der Waals surface area contributed by atoms with Crippen molar-refractivity contribution in [2.24, 2.45) is 23.5 Å². The molecular formula is C21H25N3O3S. The van der Waals surface area contributed by atoms with Crippen molar-refractivity contribution in [1.82, 2.24) is 0 Å². The number of nitrogens with two attached hydrogens (primary N) is 1. The van der Waals surface area contributed by atoms with Gasteiger partial charge in [-0.05, 0) is 67.9 Å². The summed E-state index contributed by atoms with van der Waals surface area (Å²) in [7, 11) is -3.70. The third kappa shape index (κ3) is 3.52. The Morgan fingerprint density at radius 2 is 1.79 bits per heavy atom. The second-order valence-electron chi connectivity index (χ2n) is 7.87. The summed E-state index contributed by atoms with van der Waals surface area (Å²) in [5.74, 6) is 0.582. The maximum atomic E-state index is 12.8. The van der Waals surface area contributed by atoms with Gasteiger partial charge in [-0.1, -0.05) is 24.3 Å². The van der Waals surface area contributed by atoms with Crippen LogP contribution in [0.15, 0.2) is 53.4 Å². The zero-order valence-electron chi connectivity index (χ0n) is 15.8. The zero-order chi connectivity index (χ0) is 19.9. The van der Waals surface area contributed by atoms with Gasteiger partial charge in [-0.25, -0.2) is 8.42 Å². The summed E-state index contributed by atoms with van der Waals surface area (Å²) in [6, 6.07) is 13.4. The van der Waals surface area contributed by atoms with Crippen LogP contribution in [0.4, 0.5) is 11.4 Å². The summed E-state index contributed by atoms with van der Waals surface area (Å²) in [6.07, 6.45) is 3.22. The van der Waals surface area contributed by atoms with Gasteiger partial charge in [0.05, 0.1) is 16.5 Å². The minimum absolute atomic E-state index is 0.0691. The fourth-order valence-electron chi connectivity index (χ4n) is 4.56. The molecule has 4 rings (SSSR count). The van der Waals surface area contributed by atoms with E-state index in [4.69, 9.17) is 5.73 Å². The number of carbonyl (C=O) groups excluding carboxylic acids is 1. The average Bonchev–Trinajstić information content (AvgIpc) is 3.26. The van der Waals surface area contributed by atoms with Gasteiger partial charge < -0.3 is 11.1 Å². The first-order valence-corrected chi connectivity index (χ1v) is 11.1. The highest BCUT2D eigenvalue weighted by atomic mass is 32.2. The highest BCUT2D eigenvalue weighted by Crippen LogP contribution is 2.48. The van der Waals surface area contributed by atoms with Gasteiger partial charge in [0, 0.05) is 11.7 Å². The van der Waals surface area contributed by atoms with Gasteiger partial charge >= 0.3 is 0 Å². The maximum Gasteiger partial charge on any atom is 0.261 e. The highest BCUT2D eigenvalue weighted by molar-refractivity contribution is 7.92. The fourth-order valence-corrected chi connectivity index (χ4v) is 5.71. The Balaban J connectivity index is 1.52. The minimum Gasteiger partial charge on any atom is -0.327 e. The van der Waals surface area contributed by atoms with Crippen LogP contribution in [0.2, 0.25) is 0 Å². The van der Waals surface area contributed by atoms with Crippen LogP contribution < -0.4 is 15.8 Å². The predicted molar refractivity (Wildman–Crippen MR) is 109 cm³/mol. The Bertz CT molecular complexity index is 989. The van der Waals surface area contributed by atoms with Gasteiger partial charge in [-0.15, -0.1) is 0 Å². The van der Waals surface area contributed by atoms with E-state index in [-0.39, 0.29) is 22.8 Å². The Morgan fingerprint density at radius 3 is 2.46 bits per heavy atom. The molecule has 2 aliphatic carbocycles. The molecule has 4 atom stereocenters. The lowest BCUT2D eigenvalue weighted by molar-refractivity contribution is -0.121. The van der Waals surface area contributed by atoms with E-state index in [0.29, 0.717) is 23.2 Å². The summed E-state index contributed by atoms with van der Waals surface area (Å²) in [6.45, 7) is 1.82. The van der Waals surface area contributed by atoms with Crippen molar-refractivity contribution >= 4 is 27.3 Å². The average molecular weight is 400 g/mol. The van der Waals surface area contributed by atoms with Crippen molar-refractivity contribution in [2.45, 2.75) is 37.1 Å². The second kappa shape index (κ2) is 7.22. The largest absolute Gasteiger partial charge is 0.327 e. The number of nitrogens with one attached hydrogen (secondary N) is 2. The molecule has 148 valence electrons. The molecule has 7 heteroatoms. The molecule has 2 aromatic rings.